The van der Waals surface area contributed by atoms with Gasteiger partial charge in [-0.15, -0.1) is 0 Å². The van der Waals surface area contributed by atoms with Gasteiger partial charge in [0.15, 0.2) is 5.96 Å². The molecule has 1 aliphatic heterocycles. The maximum absolute atomic E-state index is 11.8. The lowest BCUT2D eigenvalue weighted by Gasteiger charge is -2.41. The topological polar surface area (TPSA) is 78.0 Å². The number of guanidine groups is 1. The van der Waals surface area contributed by atoms with Crippen molar-refractivity contribution in [1.29, 1.82) is 0 Å². The van der Waals surface area contributed by atoms with Crippen molar-refractivity contribution in [2.45, 2.75) is 39.8 Å². The zero-order valence-electron chi connectivity index (χ0n) is 17.7. The predicted octanol–water partition coefficient (Wildman–Crippen LogP) is 1.60. The van der Waals surface area contributed by atoms with E-state index in [1.54, 1.807) is 0 Å². The Morgan fingerprint density at radius 1 is 1.07 bits per heavy atom. The molecule has 0 atom stereocenters. The maximum Gasteiger partial charge on any atom is 0.251 e. The van der Waals surface area contributed by atoms with Crippen molar-refractivity contribution >= 4 is 11.9 Å². The molecule has 0 spiro atoms. The Balaban J connectivity index is 1.93. The zero-order chi connectivity index (χ0) is 20.4. The monoisotopic (exact) mass is 389 g/mol. The number of ether oxygens (including phenoxy) is 1. The fourth-order valence-corrected chi connectivity index (χ4v) is 3.12. The molecule has 7 heteroatoms. The second-order valence-electron chi connectivity index (χ2n) is 7.52. The van der Waals surface area contributed by atoms with Crippen LogP contribution in [0, 0.1) is 0 Å². The predicted molar refractivity (Wildman–Crippen MR) is 114 cm³/mol. The summed E-state index contributed by atoms with van der Waals surface area (Å²) in [6, 6.07) is 7.60. The molecule has 7 nitrogen and oxygen atoms in total. The van der Waals surface area contributed by atoms with Gasteiger partial charge in [-0.3, -0.25) is 9.69 Å². The molecule has 0 saturated carbocycles. The summed E-state index contributed by atoms with van der Waals surface area (Å²) in [5.74, 6) is 0.759. The third-order valence-electron chi connectivity index (χ3n) is 4.87. The van der Waals surface area contributed by atoms with Crippen molar-refractivity contribution in [3.05, 3.63) is 35.4 Å². The lowest BCUT2D eigenvalue weighted by atomic mass is 10.0. The average Bonchev–Trinajstić information content (AvgIpc) is 2.71. The number of nitrogens with zero attached hydrogens (tertiary/aromatic N) is 2. The number of carbonyl (C=O) groups excluding carboxylic acids is 1. The molecule has 1 aromatic carbocycles. The van der Waals surface area contributed by atoms with Gasteiger partial charge in [0.05, 0.1) is 19.8 Å². The molecule has 1 fully saturated rings. The van der Waals surface area contributed by atoms with Crippen LogP contribution in [0.25, 0.3) is 0 Å². The second-order valence-corrected chi connectivity index (χ2v) is 7.52. The third kappa shape index (κ3) is 6.80. The summed E-state index contributed by atoms with van der Waals surface area (Å²) < 4.78 is 5.46. The summed E-state index contributed by atoms with van der Waals surface area (Å²) in [5.41, 5.74) is 1.76. The van der Waals surface area contributed by atoms with E-state index in [0.717, 1.165) is 50.9 Å². The summed E-state index contributed by atoms with van der Waals surface area (Å²) in [6.45, 7) is 14.8. The SMILES string of the molecule is CCNC(=O)c1ccc(CN=C(NCC)NCC(C)(C)N2CCOCC2)cc1. The molecule has 156 valence electrons. The van der Waals surface area contributed by atoms with Gasteiger partial charge in [0, 0.05) is 43.8 Å². The number of hydrogen-bond donors (Lipinski definition) is 3. The van der Waals surface area contributed by atoms with Gasteiger partial charge in [-0.1, -0.05) is 12.1 Å². The van der Waals surface area contributed by atoms with Crippen LogP contribution in [-0.2, 0) is 11.3 Å². The minimum Gasteiger partial charge on any atom is -0.379 e. The van der Waals surface area contributed by atoms with Gasteiger partial charge in [-0.05, 0) is 45.4 Å². The van der Waals surface area contributed by atoms with E-state index in [1.807, 2.05) is 31.2 Å². The fourth-order valence-electron chi connectivity index (χ4n) is 3.12. The minimum atomic E-state index is -0.0436. The maximum atomic E-state index is 11.8. The highest BCUT2D eigenvalue weighted by atomic mass is 16.5. The van der Waals surface area contributed by atoms with Crippen molar-refractivity contribution in [3.63, 3.8) is 0 Å². The van der Waals surface area contributed by atoms with Gasteiger partial charge in [0.2, 0.25) is 0 Å². The highest BCUT2D eigenvalue weighted by Gasteiger charge is 2.28. The molecule has 0 aliphatic carbocycles. The molecule has 28 heavy (non-hydrogen) atoms. The molecule has 0 unspecified atom stereocenters. The second kappa shape index (κ2) is 11.0. The molecule has 1 aliphatic rings. The van der Waals surface area contributed by atoms with Crippen LogP contribution in [0.4, 0.5) is 0 Å². The van der Waals surface area contributed by atoms with E-state index in [-0.39, 0.29) is 11.4 Å². The van der Waals surface area contributed by atoms with Gasteiger partial charge < -0.3 is 20.7 Å². The number of benzene rings is 1. The zero-order valence-corrected chi connectivity index (χ0v) is 17.7. The van der Waals surface area contributed by atoms with Crippen LogP contribution < -0.4 is 16.0 Å². The molecule has 2 rings (SSSR count). The molecule has 0 bridgehead atoms. The van der Waals surface area contributed by atoms with E-state index in [0.29, 0.717) is 18.7 Å². The van der Waals surface area contributed by atoms with Crippen LogP contribution in [0.15, 0.2) is 29.3 Å². The first-order valence-electron chi connectivity index (χ1n) is 10.2. The van der Waals surface area contributed by atoms with E-state index in [4.69, 9.17) is 9.73 Å². The molecular formula is C21H35N5O2. The van der Waals surface area contributed by atoms with Crippen LogP contribution in [0.5, 0.6) is 0 Å². The fraction of sp³-hybridized carbons (Fsp3) is 0.619. The van der Waals surface area contributed by atoms with Crippen LogP contribution in [0.1, 0.15) is 43.6 Å². The van der Waals surface area contributed by atoms with Gasteiger partial charge in [-0.25, -0.2) is 4.99 Å². The molecule has 1 heterocycles. The van der Waals surface area contributed by atoms with E-state index < -0.39 is 0 Å². The first-order chi connectivity index (χ1) is 13.5. The average molecular weight is 390 g/mol. The quantitative estimate of drug-likeness (QED) is 0.465. The number of aliphatic imine (C=N–C) groups is 1. The van der Waals surface area contributed by atoms with Crippen LogP contribution in [-0.4, -0.2) is 68.2 Å². The van der Waals surface area contributed by atoms with Gasteiger partial charge in [-0.2, -0.15) is 0 Å². The van der Waals surface area contributed by atoms with E-state index in [2.05, 4.69) is 41.6 Å². The van der Waals surface area contributed by atoms with Gasteiger partial charge in [0.1, 0.15) is 0 Å². The smallest absolute Gasteiger partial charge is 0.251 e. The molecule has 0 radical (unpaired) electrons. The number of amides is 1. The Morgan fingerprint density at radius 3 is 2.32 bits per heavy atom. The van der Waals surface area contributed by atoms with Crippen molar-refractivity contribution in [1.82, 2.24) is 20.9 Å². The van der Waals surface area contributed by atoms with Crippen molar-refractivity contribution in [3.8, 4) is 0 Å². The number of carbonyl (C=O) groups is 1. The standard InChI is InChI=1S/C21H35N5O2/c1-5-22-19(27)18-9-7-17(8-10-18)15-24-20(23-6-2)25-16-21(3,4)26-11-13-28-14-12-26/h7-10H,5-6,11-16H2,1-4H3,(H,22,27)(H2,23,24,25). The molecule has 3 N–H and O–H groups in total. The Labute approximate surface area is 168 Å². The van der Waals surface area contributed by atoms with E-state index in [1.165, 1.54) is 0 Å². The molecule has 1 amide bonds. The van der Waals surface area contributed by atoms with Crippen molar-refractivity contribution in [2.24, 2.45) is 4.99 Å². The summed E-state index contributed by atoms with van der Waals surface area (Å²) in [4.78, 5) is 19.0. The van der Waals surface area contributed by atoms with Crippen molar-refractivity contribution < 1.29 is 9.53 Å². The van der Waals surface area contributed by atoms with Crippen molar-refractivity contribution in [2.75, 3.05) is 45.9 Å². The molecule has 1 saturated heterocycles. The Kier molecular flexibility index (Phi) is 8.73. The lowest BCUT2D eigenvalue weighted by molar-refractivity contribution is -0.00834. The summed E-state index contributed by atoms with van der Waals surface area (Å²) in [7, 11) is 0. The van der Waals surface area contributed by atoms with E-state index >= 15 is 0 Å². The van der Waals surface area contributed by atoms with Gasteiger partial charge >= 0.3 is 0 Å². The minimum absolute atomic E-state index is 0.0221. The van der Waals surface area contributed by atoms with Crippen LogP contribution in [0.2, 0.25) is 0 Å². The number of hydrogen-bond acceptors (Lipinski definition) is 4. The number of morpholine rings is 1. The number of nitrogens with one attached hydrogen (secondary N) is 3. The Bertz CT molecular complexity index is 637. The molecule has 0 aromatic heterocycles. The Hall–Kier alpha value is -2.12. The number of rotatable bonds is 8. The summed E-state index contributed by atoms with van der Waals surface area (Å²) >= 11 is 0. The van der Waals surface area contributed by atoms with Crippen LogP contribution in [0.3, 0.4) is 0 Å². The normalized spacial score (nSPS) is 15.9. The largest absolute Gasteiger partial charge is 0.379 e. The highest BCUT2D eigenvalue weighted by Crippen LogP contribution is 2.15. The van der Waals surface area contributed by atoms with Crippen LogP contribution >= 0.6 is 0 Å². The first-order valence-corrected chi connectivity index (χ1v) is 10.2. The molecule has 1 aromatic rings. The first kappa shape index (κ1) is 22.2. The summed E-state index contributed by atoms with van der Waals surface area (Å²) in [6.07, 6.45) is 0. The molecular weight excluding hydrogens is 354 g/mol. The lowest BCUT2D eigenvalue weighted by Crippen LogP contribution is -2.56. The summed E-state index contributed by atoms with van der Waals surface area (Å²) in [5, 5.41) is 9.58. The van der Waals surface area contributed by atoms with Gasteiger partial charge in [0.25, 0.3) is 5.91 Å². The highest BCUT2D eigenvalue weighted by molar-refractivity contribution is 5.94. The Morgan fingerprint density at radius 2 is 1.71 bits per heavy atom. The van der Waals surface area contributed by atoms with E-state index in [9.17, 15) is 4.79 Å². The third-order valence-corrected chi connectivity index (χ3v) is 4.87.